The lowest BCUT2D eigenvalue weighted by Gasteiger charge is -2.12. The summed E-state index contributed by atoms with van der Waals surface area (Å²) in [4.78, 5) is 12.3. The van der Waals surface area contributed by atoms with E-state index in [1.807, 2.05) is 44.2 Å². The van der Waals surface area contributed by atoms with Crippen molar-refractivity contribution < 1.29 is 9.53 Å². The van der Waals surface area contributed by atoms with E-state index in [9.17, 15) is 4.79 Å². The molecule has 0 aromatic heterocycles. The third-order valence-corrected chi connectivity index (χ3v) is 3.36. The summed E-state index contributed by atoms with van der Waals surface area (Å²) in [6.07, 6.45) is 0. The molecular formula is C16H16BrNO2. The number of carbonyl (C=O) groups excluding carboxylic acids is 1. The minimum Gasteiger partial charge on any atom is -0.493 e. The van der Waals surface area contributed by atoms with E-state index in [-0.39, 0.29) is 5.91 Å². The van der Waals surface area contributed by atoms with Gasteiger partial charge in [-0.25, -0.2) is 0 Å². The SMILES string of the molecule is CCOc1ccccc1C(=O)Nc1ccc(Br)cc1C. The molecule has 3 nitrogen and oxygen atoms in total. The van der Waals surface area contributed by atoms with Crippen molar-refractivity contribution in [2.24, 2.45) is 0 Å². The molecule has 2 aromatic carbocycles. The number of benzene rings is 2. The zero-order valence-corrected chi connectivity index (χ0v) is 13.0. The summed E-state index contributed by atoms with van der Waals surface area (Å²) in [5, 5.41) is 2.91. The molecule has 0 fully saturated rings. The van der Waals surface area contributed by atoms with Gasteiger partial charge >= 0.3 is 0 Å². The van der Waals surface area contributed by atoms with E-state index in [4.69, 9.17) is 4.74 Å². The van der Waals surface area contributed by atoms with Gasteiger partial charge in [-0.2, -0.15) is 0 Å². The third-order valence-electron chi connectivity index (χ3n) is 2.87. The Morgan fingerprint density at radius 2 is 2.00 bits per heavy atom. The van der Waals surface area contributed by atoms with Crippen molar-refractivity contribution in [1.82, 2.24) is 0 Å². The van der Waals surface area contributed by atoms with Crippen molar-refractivity contribution in [2.75, 3.05) is 11.9 Å². The van der Waals surface area contributed by atoms with E-state index in [0.717, 1.165) is 15.7 Å². The lowest BCUT2D eigenvalue weighted by molar-refractivity contribution is 0.102. The smallest absolute Gasteiger partial charge is 0.259 e. The Balaban J connectivity index is 2.24. The minimum atomic E-state index is -0.167. The number of amides is 1. The number of ether oxygens (including phenoxy) is 1. The summed E-state index contributed by atoms with van der Waals surface area (Å²) in [6, 6.07) is 13.0. The molecule has 2 rings (SSSR count). The van der Waals surface area contributed by atoms with Crippen molar-refractivity contribution in [2.45, 2.75) is 13.8 Å². The Bertz CT molecular complexity index is 626. The van der Waals surface area contributed by atoms with Crippen molar-refractivity contribution >= 4 is 27.5 Å². The molecule has 0 saturated carbocycles. The first-order valence-corrected chi connectivity index (χ1v) is 7.20. The zero-order valence-electron chi connectivity index (χ0n) is 11.4. The van der Waals surface area contributed by atoms with E-state index in [1.165, 1.54) is 0 Å². The number of aryl methyl sites for hydroxylation is 1. The van der Waals surface area contributed by atoms with Gasteiger partial charge in [-0.05, 0) is 49.7 Å². The second kappa shape index (κ2) is 6.57. The maximum absolute atomic E-state index is 12.3. The maximum atomic E-state index is 12.3. The van der Waals surface area contributed by atoms with Gasteiger partial charge in [0.25, 0.3) is 5.91 Å². The van der Waals surface area contributed by atoms with Gasteiger partial charge in [-0.1, -0.05) is 28.1 Å². The summed E-state index contributed by atoms with van der Waals surface area (Å²) in [7, 11) is 0. The highest BCUT2D eigenvalue weighted by Crippen LogP contribution is 2.23. The van der Waals surface area contributed by atoms with Crippen LogP contribution in [0.5, 0.6) is 5.75 Å². The number of halogens is 1. The monoisotopic (exact) mass is 333 g/mol. The second-order valence-corrected chi connectivity index (χ2v) is 5.26. The Morgan fingerprint density at radius 1 is 1.25 bits per heavy atom. The summed E-state index contributed by atoms with van der Waals surface area (Å²) >= 11 is 3.41. The molecule has 2 aromatic rings. The van der Waals surface area contributed by atoms with E-state index < -0.39 is 0 Å². The molecule has 0 aliphatic heterocycles. The van der Waals surface area contributed by atoms with Crippen LogP contribution in [0.4, 0.5) is 5.69 Å². The number of carbonyl (C=O) groups is 1. The topological polar surface area (TPSA) is 38.3 Å². The largest absolute Gasteiger partial charge is 0.493 e. The van der Waals surface area contributed by atoms with Crippen LogP contribution in [0, 0.1) is 6.92 Å². The summed E-state index contributed by atoms with van der Waals surface area (Å²) < 4.78 is 6.47. The van der Waals surface area contributed by atoms with Crippen molar-refractivity contribution in [3.63, 3.8) is 0 Å². The molecule has 104 valence electrons. The predicted molar refractivity (Wildman–Crippen MR) is 84.4 cm³/mol. The predicted octanol–water partition coefficient (Wildman–Crippen LogP) is 4.41. The van der Waals surface area contributed by atoms with Crippen LogP contribution in [0.15, 0.2) is 46.9 Å². The van der Waals surface area contributed by atoms with Gasteiger partial charge in [-0.15, -0.1) is 0 Å². The number of rotatable bonds is 4. The fourth-order valence-electron chi connectivity index (χ4n) is 1.89. The lowest BCUT2D eigenvalue weighted by atomic mass is 10.1. The van der Waals surface area contributed by atoms with Crippen LogP contribution in [0.25, 0.3) is 0 Å². The van der Waals surface area contributed by atoms with Crippen LogP contribution in [-0.4, -0.2) is 12.5 Å². The first-order valence-electron chi connectivity index (χ1n) is 6.41. The van der Waals surface area contributed by atoms with Gasteiger partial charge in [0.05, 0.1) is 12.2 Å². The van der Waals surface area contributed by atoms with Crippen molar-refractivity contribution in [1.29, 1.82) is 0 Å². The number of hydrogen-bond donors (Lipinski definition) is 1. The molecule has 1 N–H and O–H groups in total. The highest BCUT2D eigenvalue weighted by atomic mass is 79.9. The Kier molecular flexibility index (Phi) is 4.79. The second-order valence-electron chi connectivity index (χ2n) is 4.34. The number of para-hydroxylation sites is 1. The molecule has 0 aliphatic rings. The van der Waals surface area contributed by atoms with E-state index in [1.54, 1.807) is 12.1 Å². The van der Waals surface area contributed by atoms with Gasteiger partial charge in [-0.3, -0.25) is 4.79 Å². The average molecular weight is 334 g/mol. The van der Waals surface area contributed by atoms with E-state index in [0.29, 0.717) is 17.9 Å². The van der Waals surface area contributed by atoms with Crippen LogP contribution >= 0.6 is 15.9 Å². The molecule has 0 spiro atoms. The number of nitrogens with one attached hydrogen (secondary N) is 1. The molecular weight excluding hydrogens is 318 g/mol. The summed E-state index contributed by atoms with van der Waals surface area (Å²) in [5.41, 5.74) is 2.34. The quantitative estimate of drug-likeness (QED) is 0.899. The number of hydrogen-bond acceptors (Lipinski definition) is 2. The summed E-state index contributed by atoms with van der Waals surface area (Å²) in [5.74, 6) is 0.432. The van der Waals surface area contributed by atoms with Gasteiger partial charge in [0.15, 0.2) is 0 Å². The molecule has 0 radical (unpaired) electrons. The van der Waals surface area contributed by atoms with Gasteiger partial charge in [0.2, 0.25) is 0 Å². The summed E-state index contributed by atoms with van der Waals surface area (Å²) in [6.45, 7) is 4.38. The van der Waals surface area contributed by atoms with Gasteiger partial charge in [0, 0.05) is 10.2 Å². The average Bonchev–Trinajstić information content (AvgIpc) is 2.43. The fourth-order valence-corrected chi connectivity index (χ4v) is 2.37. The maximum Gasteiger partial charge on any atom is 0.259 e. The molecule has 0 atom stereocenters. The van der Waals surface area contributed by atoms with E-state index in [2.05, 4.69) is 21.2 Å². The lowest BCUT2D eigenvalue weighted by Crippen LogP contribution is -2.14. The first kappa shape index (κ1) is 14.6. The third kappa shape index (κ3) is 3.39. The molecule has 0 aliphatic carbocycles. The molecule has 1 amide bonds. The van der Waals surface area contributed by atoms with Crippen LogP contribution < -0.4 is 10.1 Å². The normalized spacial score (nSPS) is 10.2. The highest BCUT2D eigenvalue weighted by Gasteiger charge is 2.12. The highest BCUT2D eigenvalue weighted by molar-refractivity contribution is 9.10. The van der Waals surface area contributed by atoms with Crippen molar-refractivity contribution in [3.05, 3.63) is 58.1 Å². The van der Waals surface area contributed by atoms with Gasteiger partial charge in [0.1, 0.15) is 5.75 Å². The molecule has 0 saturated heterocycles. The van der Waals surface area contributed by atoms with Crippen LogP contribution in [0.2, 0.25) is 0 Å². The molecule has 20 heavy (non-hydrogen) atoms. The Labute approximate surface area is 127 Å². The first-order chi connectivity index (χ1) is 9.61. The van der Waals surface area contributed by atoms with Crippen LogP contribution in [0.1, 0.15) is 22.8 Å². The van der Waals surface area contributed by atoms with Crippen LogP contribution in [-0.2, 0) is 0 Å². The molecule has 4 heteroatoms. The zero-order chi connectivity index (χ0) is 14.5. The Morgan fingerprint density at radius 3 is 2.70 bits per heavy atom. The van der Waals surface area contributed by atoms with Crippen LogP contribution in [0.3, 0.4) is 0 Å². The fraction of sp³-hybridized carbons (Fsp3) is 0.188. The minimum absolute atomic E-state index is 0.167. The standard InChI is InChI=1S/C16H16BrNO2/c1-3-20-15-7-5-4-6-13(15)16(19)18-14-9-8-12(17)10-11(14)2/h4-10H,3H2,1-2H3,(H,18,19). The van der Waals surface area contributed by atoms with Crippen molar-refractivity contribution in [3.8, 4) is 5.75 Å². The molecule has 0 unspecified atom stereocenters. The number of anilines is 1. The van der Waals surface area contributed by atoms with Gasteiger partial charge < -0.3 is 10.1 Å². The van der Waals surface area contributed by atoms with E-state index >= 15 is 0 Å². The molecule has 0 bridgehead atoms. The Hall–Kier alpha value is -1.81. The molecule has 0 heterocycles.